The number of fused-ring (bicyclic) bond motifs is 1. The third-order valence-corrected chi connectivity index (χ3v) is 7.50. The molecule has 1 aliphatic carbocycles. The van der Waals surface area contributed by atoms with Gasteiger partial charge in [0.1, 0.15) is 60.9 Å². The number of aromatic hydroxyl groups is 3. The topological polar surface area (TPSA) is 289 Å². The van der Waals surface area contributed by atoms with Crippen LogP contribution >= 0.6 is 0 Å². The smallest absolute Gasteiger partial charge is 0.263 e. The van der Waals surface area contributed by atoms with E-state index in [1.807, 2.05) is 0 Å². The van der Waals surface area contributed by atoms with Gasteiger partial charge < -0.3 is 85.0 Å². The second kappa shape index (κ2) is 12.1. The maximum Gasteiger partial charge on any atom is 0.263 e. The lowest BCUT2D eigenvalue weighted by Crippen LogP contribution is -2.59. The van der Waals surface area contributed by atoms with Crippen LogP contribution in [-0.4, -0.2) is 142 Å². The normalized spacial score (nSPS) is 37.0. The van der Waals surface area contributed by atoms with Crippen LogP contribution in [0.25, 0.3) is 5.76 Å². The number of benzene rings is 1. The van der Waals surface area contributed by atoms with E-state index in [2.05, 4.69) is 0 Å². The summed E-state index contributed by atoms with van der Waals surface area (Å²) in [6, 6.07) is 1.94. The average Bonchev–Trinajstić information content (AvgIpc) is 3.24. The Kier molecular flexibility index (Phi) is 8.82. The molecule has 4 aliphatic rings. The third-order valence-electron chi connectivity index (χ3n) is 7.50. The van der Waals surface area contributed by atoms with Crippen LogP contribution in [0.3, 0.4) is 0 Å². The maximum atomic E-state index is 10.7. The van der Waals surface area contributed by atoms with Crippen molar-refractivity contribution in [3.8, 4) is 17.2 Å². The Labute approximate surface area is 247 Å². The standard InChI is InChI=1S/C27H32O17/c28-6-17-20(35)22(37)23(38)26(42-17)41-15-4-10(31)3-14-11(15)5-16(24(40-14)9-1-12(32)19(34)13(33)2-9)43-27(8-30)25(39)21(36)18(7-29)44-27/h1-5,10,17-18,20-23,25-26,28-39H,6-8H2. The van der Waals surface area contributed by atoms with Gasteiger partial charge in [0, 0.05) is 5.56 Å². The Morgan fingerprint density at radius 1 is 0.795 bits per heavy atom. The van der Waals surface area contributed by atoms with Crippen LogP contribution in [0.2, 0.25) is 0 Å². The molecule has 0 saturated carbocycles. The van der Waals surface area contributed by atoms with E-state index in [0.29, 0.717) is 0 Å². The largest absolute Gasteiger partial charge is 0.504 e. The zero-order valence-corrected chi connectivity index (χ0v) is 22.6. The lowest BCUT2D eigenvalue weighted by molar-refractivity contribution is -0.290. The fourth-order valence-electron chi connectivity index (χ4n) is 5.09. The Morgan fingerprint density at radius 3 is 2.05 bits per heavy atom. The first-order valence-electron chi connectivity index (χ1n) is 13.3. The number of phenolic OH excluding ortho intramolecular Hbond substituents is 3. The molecule has 44 heavy (non-hydrogen) atoms. The van der Waals surface area contributed by atoms with Crippen LogP contribution in [0.4, 0.5) is 0 Å². The van der Waals surface area contributed by atoms with Crippen LogP contribution in [0.15, 0.2) is 53.2 Å². The zero-order chi connectivity index (χ0) is 32.1. The molecule has 3 aliphatic heterocycles. The molecule has 2 fully saturated rings. The predicted octanol–water partition coefficient (Wildman–Crippen LogP) is -3.79. The van der Waals surface area contributed by atoms with Gasteiger partial charge in [0.25, 0.3) is 5.79 Å². The second-order valence-electron chi connectivity index (χ2n) is 10.4. The van der Waals surface area contributed by atoms with E-state index in [9.17, 15) is 61.3 Å². The van der Waals surface area contributed by atoms with Gasteiger partial charge in [0.05, 0.1) is 24.9 Å². The van der Waals surface area contributed by atoms with Crippen molar-refractivity contribution in [3.63, 3.8) is 0 Å². The third kappa shape index (κ3) is 5.48. The molecule has 0 spiro atoms. The fraction of sp³-hybridized carbons (Fsp3) is 0.481. The van der Waals surface area contributed by atoms with Gasteiger partial charge in [-0.1, -0.05) is 0 Å². The van der Waals surface area contributed by atoms with Crippen molar-refractivity contribution in [2.75, 3.05) is 19.8 Å². The summed E-state index contributed by atoms with van der Waals surface area (Å²) in [5, 5.41) is 122. The summed E-state index contributed by atoms with van der Waals surface area (Å²) in [6.07, 6.45) is -11.2. The molecule has 17 nitrogen and oxygen atoms in total. The highest BCUT2D eigenvalue weighted by molar-refractivity contribution is 5.73. The monoisotopic (exact) mass is 628 g/mol. The van der Waals surface area contributed by atoms with Gasteiger partial charge in [0.15, 0.2) is 28.8 Å². The number of aliphatic hydroxyl groups is 9. The van der Waals surface area contributed by atoms with Crippen molar-refractivity contribution in [3.05, 3.63) is 58.8 Å². The SMILES string of the molecule is OCC1OC(OC2=CC(O)C=C3OC(c4cc(O)c(O)c(O)c4)=C(OC4(CO)OC(CO)C(O)C4O)C=C32)C(O)C(O)C1O. The number of ether oxygens (including phenoxy) is 5. The molecular weight excluding hydrogens is 596 g/mol. The van der Waals surface area contributed by atoms with Gasteiger partial charge >= 0.3 is 0 Å². The molecule has 10 unspecified atom stereocenters. The number of allylic oxidation sites excluding steroid dienone is 1. The lowest BCUT2D eigenvalue weighted by atomic mass is 9.97. The zero-order valence-electron chi connectivity index (χ0n) is 22.6. The molecule has 12 N–H and O–H groups in total. The van der Waals surface area contributed by atoms with E-state index in [-0.39, 0.29) is 28.4 Å². The first kappa shape index (κ1) is 31.9. The number of phenols is 3. The van der Waals surface area contributed by atoms with E-state index >= 15 is 0 Å². The van der Waals surface area contributed by atoms with Gasteiger partial charge in [-0.3, -0.25) is 0 Å². The molecule has 2 saturated heterocycles. The fourth-order valence-corrected chi connectivity index (χ4v) is 5.09. The summed E-state index contributed by atoms with van der Waals surface area (Å²) in [5.74, 6) is -5.92. The van der Waals surface area contributed by atoms with Gasteiger partial charge in [-0.25, -0.2) is 0 Å². The van der Waals surface area contributed by atoms with E-state index in [0.717, 1.165) is 18.2 Å². The highest BCUT2D eigenvalue weighted by Gasteiger charge is 2.57. The minimum Gasteiger partial charge on any atom is -0.504 e. The summed E-state index contributed by atoms with van der Waals surface area (Å²) >= 11 is 0. The Hall–Kier alpha value is -3.46. The van der Waals surface area contributed by atoms with Gasteiger partial charge in [-0.2, -0.15) is 0 Å². The van der Waals surface area contributed by atoms with Crippen LogP contribution in [0.1, 0.15) is 5.56 Å². The van der Waals surface area contributed by atoms with Crippen molar-refractivity contribution >= 4 is 5.76 Å². The molecule has 17 heteroatoms. The van der Waals surface area contributed by atoms with E-state index in [1.54, 1.807) is 0 Å². The van der Waals surface area contributed by atoms with Crippen molar-refractivity contribution < 1.29 is 85.0 Å². The molecule has 3 heterocycles. The van der Waals surface area contributed by atoms with Crippen LogP contribution in [0, 0.1) is 0 Å². The molecule has 0 aromatic heterocycles. The highest BCUT2D eigenvalue weighted by atomic mass is 16.7. The molecule has 0 radical (unpaired) electrons. The molecule has 1 aromatic rings. The molecular formula is C27H32O17. The van der Waals surface area contributed by atoms with Crippen LogP contribution in [0.5, 0.6) is 17.2 Å². The van der Waals surface area contributed by atoms with E-state index < -0.39 is 104 Å². The average molecular weight is 629 g/mol. The van der Waals surface area contributed by atoms with Gasteiger partial charge in [-0.15, -0.1) is 0 Å². The highest BCUT2D eigenvalue weighted by Crippen LogP contribution is 2.45. The molecule has 1 aromatic carbocycles. The number of aliphatic hydroxyl groups excluding tert-OH is 9. The summed E-state index contributed by atoms with van der Waals surface area (Å²) in [4.78, 5) is 0. The van der Waals surface area contributed by atoms with Crippen molar-refractivity contribution in [2.45, 2.75) is 60.9 Å². The molecule has 5 rings (SSSR count). The Bertz CT molecular complexity index is 1360. The van der Waals surface area contributed by atoms with E-state index in [4.69, 9.17) is 23.7 Å². The van der Waals surface area contributed by atoms with Crippen molar-refractivity contribution in [1.82, 2.24) is 0 Å². The molecule has 0 amide bonds. The molecule has 10 atom stereocenters. The minimum atomic E-state index is -2.40. The lowest BCUT2D eigenvalue weighted by Gasteiger charge is -2.40. The number of hydrogen-bond donors (Lipinski definition) is 12. The van der Waals surface area contributed by atoms with E-state index in [1.165, 1.54) is 12.2 Å². The van der Waals surface area contributed by atoms with Crippen molar-refractivity contribution in [2.24, 2.45) is 0 Å². The quantitative estimate of drug-likeness (QED) is 0.123. The van der Waals surface area contributed by atoms with Crippen LogP contribution < -0.4 is 0 Å². The minimum absolute atomic E-state index is 0.0296. The number of hydrogen-bond acceptors (Lipinski definition) is 17. The summed E-state index contributed by atoms with van der Waals surface area (Å²) in [7, 11) is 0. The Balaban J connectivity index is 1.59. The van der Waals surface area contributed by atoms with Gasteiger partial charge in [-0.05, 0) is 30.4 Å². The Morgan fingerprint density at radius 2 is 1.45 bits per heavy atom. The summed E-state index contributed by atoms with van der Waals surface area (Å²) in [5.41, 5.74) is -0.164. The molecule has 242 valence electrons. The summed E-state index contributed by atoms with van der Waals surface area (Å²) in [6.45, 7) is -2.58. The predicted molar refractivity (Wildman–Crippen MR) is 139 cm³/mol. The number of rotatable bonds is 8. The molecule has 0 bridgehead atoms. The second-order valence-corrected chi connectivity index (χ2v) is 10.4. The first-order valence-corrected chi connectivity index (χ1v) is 13.3. The summed E-state index contributed by atoms with van der Waals surface area (Å²) < 4.78 is 28.4. The maximum absolute atomic E-state index is 10.7. The first-order chi connectivity index (χ1) is 20.8. The van der Waals surface area contributed by atoms with Gasteiger partial charge in [0.2, 0.25) is 6.29 Å². The van der Waals surface area contributed by atoms with Crippen LogP contribution in [-0.2, 0) is 23.7 Å². The van der Waals surface area contributed by atoms with Crippen molar-refractivity contribution in [1.29, 1.82) is 0 Å².